The molecule has 0 bridgehead atoms. The fourth-order valence-electron chi connectivity index (χ4n) is 2.39. The number of aliphatic hydroxyl groups is 1. The number of rotatable bonds is 4. The summed E-state index contributed by atoms with van der Waals surface area (Å²) in [4.78, 5) is 12.1. The van der Waals surface area contributed by atoms with Crippen molar-refractivity contribution in [2.24, 2.45) is 0 Å². The van der Waals surface area contributed by atoms with Gasteiger partial charge in [-0.3, -0.25) is 4.79 Å². The van der Waals surface area contributed by atoms with E-state index >= 15 is 0 Å². The van der Waals surface area contributed by atoms with Crippen molar-refractivity contribution in [3.05, 3.63) is 58.1 Å². The van der Waals surface area contributed by atoms with E-state index in [4.69, 9.17) is 4.74 Å². The van der Waals surface area contributed by atoms with Crippen LogP contribution in [-0.2, 0) is 21.6 Å². The molecule has 0 unspecified atom stereocenters. The molecular formula is C17H16BrNO4. The number of amides is 1. The van der Waals surface area contributed by atoms with E-state index in [9.17, 15) is 15.0 Å². The van der Waals surface area contributed by atoms with Crippen molar-refractivity contribution in [1.29, 1.82) is 0 Å². The molecule has 3 rings (SSSR count). The van der Waals surface area contributed by atoms with E-state index in [-0.39, 0.29) is 18.1 Å². The topological polar surface area (TPSA) is 78.8 Å². The minimum atomic E-state index is -0.911. The van der Waals surface area contributed by atoms with Gasteiger partial charge in [0, 0.05) is 15.7 Å². The molecule has 120 valence electrons. The third-order valence-electron chi connectivity index (χ3n) is 3.79. The van der Waals surface area contributed by atoms with E-state index in [0.29, 0.717) is 24.5 Å². The molecule has 0 aliphatic carbocycles. The molecule has 1 aliphatic rings. The summed E-state index contributed by atoms with van der Waals surface area (Å²) in [6.07, 6.45) is 0.0820. The number of hydrogen-bond donors (Lipinski definition) is 3. The minimum absolute atomic E-state index is 0.0806. The lowest BCUT2D eigenvalue weighted by Gasteiger charge is -2.36. The summed E-state index contributed by atoms with van der Waals surface area (Å²) in [5, 5.41) is 22.7. The molecule has 1 saturated heterocycles. The summed E-state index contributed by atoms with van der Waals surface area (Å²) in [5.74, 6) is -0.141. The smallest absolute Gasteiger partial charge is 0.228 e. The van der Waals surface area contributed by atoms with E-state index in [1.807, 2.05) is 0 Å². The Labute approximate surface area is 142 Å². The average molecular weight is 378 g/mol. The number of carbonyl (C=O) groups is 1. The summed E-state index contributed by atoms with van der Waals surface area (Å²) in [6.45, 7) is 0.586. The number of nitrogens with one attached hydrogen (secondary N) is 1. The molecule has 1 amide bonds. The van der Waals surface area contributed by atoms with Crippen LogP contribution in [0.15, 0.2) is 46.9 Å². The van der Waals surface area contributed by atoms with Crippen LogP contribution in [0.3, 0.4) is 0 Å². The highest BCUT2D eigenvalue weighted by Gasteiger charge is 2.37. The lowest BCUT2D eigenvalue weighted by molar-refractivity contribution is -0.184. The average Bonchev–Trinajstić information content (AvgIpc) is 2.48. The van der Waals surface area contributed by atoms with E-state index < -0.39 is 5.60 Å². The van der Waals surface area contributed by atoms with Gasteiger partial charge in [-0.1, -0.05) is 34.1 Å². The second kappa shape index (κ2) is 6.31. The van der Waals surface area contributed by atoms with Gasteiger partial charge in [0.05, 0.1) is 19.6 Å². The molecule has 2 aromatic rings. The highest BCUT2D eigenvalue weighted by molar-refractivity contribution is 9.10. The van der Waals surface area contributed by atoms with Crippen LogP contribution in [0, 0.1) is 0 Å². The Morgan fingerprint density at radius 3 is 2.48 bits per heavy atom. The van der Waals surface area contributed by atoms with Crippen molar-refractivity contribution in [2.45, 2.75) is 12.0 Å². The SMILES string of the molecule is O=C(Cc1ccc(Br)cc1O)Nc1ccc(C2(O)COC2)cc1. The van der Waals surface area contributed by atoms with Crippen LogP contribution in [0.25, 0.3) is 0 Å². The highest BCUT2D eigenvalue weighted by atomic mass is 79.9. The predicted octanol–water partition coefficient (Wildman–Crippen LogP) is 2.55. The minimum Gasteiger partial charge on any atom is -0.508 e. The van der Waals surface area contributed by atoms with Crippen LogP contribution >= 0.6 is 15.9 Å². The summed E-state index contributed by atoms with van der Waals surface area (Å²) in [7, 11) is 0. The number of carbonyl (C=O) groups excluding carboxylic acids is 1. The first-order valence-electron chi connectivity index (χ1n) is 7.14. The zero-order valence-electron chi connectivity index (χ0n) is 12.3. The lowest BCUT2D eigenvalue weighted by atomic mass is 9.92. The van der Waals surface area contributed by atoms with Crippen LogP contribution in [0.2, 0.25) is 0 Å². The molecule has 0 atom stereocenters. The molecule has 2 aromatic carbocycles. The number of ether oxygens (including phenoxy) is 1. The third-order valence-corrected chi connectivity index (χ3v) is 4.28. The monoisotopic (exact) mass is 377 g/mol. The standard InChI is InChI=1S/C17H16BrNO4/c18-13-4-1-11(15(20)8-13)7-16(21)19-14-5-2-12(3-6-14)17(22)9-23-10-17/h1-6,8,20,22H,7,9-10H2,(H,19,21). The zero-order valence-corrected chi connectivity index (χ0v) is 13.8. The Balaban J connectivity index is 1.63. The Morgan fingerprint density at radius 1 is 1.22 bits per heavy atom. The number of anilines is 1. The van der Waals surface area contributed by atoms with Crippen LogP contribution in [0.1, 0.15) is 11.1 Å². The van der Waals surface area contributed by atoms with Gasteiger partial charge in [0.15, 0.2) is 0 Å². The van der Waals surface area contributed by atoms with Gasteiger partial charge in [0.1, 0.15) is 11.4 Å². The first kappa shape index (κ1) is 16.0. The molecule has 1 aliphatic heterocycles. The summed E-state index contributed by atoms with van der Waals surface area (Å²) < 4.78 is 5.78. The molecule has 0 spiro atoms. The number of aromatic hydroxyl groups is 1. The third kappa shape index (κ3) is 3.55. The first-order chi connectivity index (χ1) is 11.0. The van der Waals surface area contributed by atoms with Crippen molar-refractivity contribution in [2.75, 3.05) is 18.5 Å². The van der Waals surface area contributed by atoms with Gasteiger partial charge in [-0.05, 0) is 29.8 Å². The Kier molecular flexibility index (Phi) is 4.39. The lowest BCUT2D eigenvalue weighted by Crippen LogP contribution is -2.46. The van der Waals surface area contributed by atoms with E-state index in [0.717, 1.165) is 10.0 Å². The van der Waals surface area contributed by atoms with Crippen molar-refractivity contribution in [1.82, 2.24) is 0 Å². The van der Waals surface area contributed by atoms with Crippen LogP contribution in [0.4, 0.5) is 5.69 Å². The van der Waals surface area contributed by atoms with E-state index in [1.54, 1.807) is 42.5 Å². The van der Waals surface area contributed by atoms with E-state index in [1.165, 1.54) is 0 Å². The molecule has 0 radical (unpaired) electrons. The highest BCUT2D eigenvalue weighted by Crippen LogP contribution is 2.30. The first-order valence-corrected chi connectivity index (χ1v) is 7.93. The summed E-state index contributed by atoms with van der Waals surface area (Å²) in [6, 6.07) is 12.1. The number of phenols is 1. The number of halogens is 1. The zero-order chi connectivity index (χ0) is 16.4. The maximum Gasteiger partial charge on any atom is 0.228 e. The second-order valence-electron chi connectivity index (χ2n) is 5.60. The van der Waals surface area contributed by atoms with Gasteiger partial charge in [0.2, 0.25) is 5.91 Å². The maximum atomic E-state index is 12.1. The summed E-state index contributed by atoms with van der Waals surface area (Å²) in [5.41, 5.74) is 1.06. The van der Waals surface area contributed by atoms with Gasteiger partial charge in [-0.25, -0.2) is 0 Å². The number of benzene rings is 2. The Hall–Kier alpha value is -1.89. The van der Waals surface area contributed by atoms with Crippen LogP contribution in [0.5, 0.6) is 5.75 Å². The number of hydrogen-bond acceptors (Lipinski definition) is 4. The largest absolute Gasteiger partial charge is 0.508 e. The molecule has 1 fully saturated rings. The second-order valence-corrected chi connectivity index (χ2v) is 6.52. The van der Waals surface area contributed by atoms with Gasteiger partial charge in [-0.2, -0.15) is 0 Å². The quantitative estimate of drug-likeness (QED) is 0.764. The molecule has 0 aromatic heterocycles. The van der Waals surface area contributed by atoms with Gasteiger partial charge < -0.3 is 20.3 Å². The summed E-state index contributed by atoms with van der Waals surface area (Å²) >= 11 is 3.26. The Morgan fingerprint density at radius 2 is 1.91 bits per heavy atom. The normalized spacial score (nSPS) is 15.7. The molecule has 6 heteroatoms. The molecule has 1 heterocycles. The fraction of sp³-hybridized carbons (Fsp3) is 0.235. The molecule has 0 saturated carbocycles. The Bertz CT molecular complexity index is 726. The van der Waals surface area contributed by atoms with Crippen molar-refractivity contribution in [3.63, 3.8) is 0 Å². The number of phenolic OH excluding ortho intramolecular Hbond substituents is 1. The van der Waals surface area contributed by atoms with Gasteiger partial charge >= 0.3 is 0 Å². The molecule has 3 N–H and O–H groups in total. The molecular weight excluding hydrogens is 362 g/mol. The molecule has 5 nitrogen and oxygen atoms in total. The van der Waals surface area contributed by atoms with E-state index in [2.05, 4.69) is 21.2 Å². The van der Waals surface area contributed by atoms with Crippen molar-refractivity contribution < 1.29 is 19.7 Å². The van der Waals surface area contributed by atoms with Gasteiger partial charge in [-0.15, -0.1) is 0 Å². The molecule has 23 heavy (non-hydrogen) atoms. The maximum absolute atomic E-state index is 12.1. The fourth-order valence-corrected chi connectivity index (χ4v) is 2.74. The van der Waals surface area contributed by atoms with Crippen LogP contribution < -0.4 is 5.32 Å². The predicted molar refractivity (Wildman–Crippen MR) is 89.3 cm³/mol. The van der Waals surface area contributed by atoms with Crippen molar-refractivity contribution >= 4 is 27.5 Å². The van der Waals surface area contributed by atoms with Crippen LogP contribution in [-0.4, -0.2) is 29.3 Å². The van der Waals surface area contributed by atoms with Gasteiger partial charge in [0.25, 0.3) is 0 Å². The van der Waals surface area contributed by atoms with Crippen molar-refractivity contribution in [3.8, 4) is 5.75 Å².